The number of hydrogen-bond donors (Lipinski definition) is 0. The van der Waals surface area contributed by atoms with Crippen LogP contribution in [0.5, 0.6) is 5.75 Å². The molecule has 1 amide bonds. The third kappa shape index (κ3) is 3.05. The highest BCUT2D eigenvalue weighted by Gasteiger charge is 2.32. The molecule has 2 aliphatic rings. The Morgan fingerprint density at radius 2 is 1.75 bits per heavy atom. The van der Waals surface area contributed by atoms with Gasteiger partial charge in [-0.15, -0.1) is 0 Å². The second kappa shape index (κ2) is 7.11. The van der Waals surface area contributed by atoms with Gasteiger partial charge in [0.05, 0.1) is 5.52 Å². The number of aryl methyl sites for hydroxylation is 1. The molecule has 0 N–H and O–H groups in total. The second-order valence-electron chi connectivity index (χ2n) is 7.28. The Labute approximate surface area is 163 Å². The van der Waals surface area contributed by atoms with Gasteiger partial charge in [-0.25, -0.2) is 9.97 Å². The molecule has 0 aliphatic carbocycles. The molecule has 1 aromatic heterocycles. The predicted molar refractivity (Wildman–Crippen MR) is 108 cm³/mol. The van der Waals surface area contributed by atoms with Gasteiger partial charge in [0.1, 0.15) is 17.9 Å². The molecule has 0 bridgehead atoms. The summed E-state index contributed by atoms with van der Waals surface area (Å²) < 4.78 is 5.99. The maximum Gasteiger partial charge on any atom is 0.263 e. The highest BCUT2D eigenvalue weighted by atomic mass is 16.5. The van der Waals surface area contributed by atoms with Crippen LogP contribution < -0.4 is 9.64 Å². The number of ether oxygens (including phenoxy) is 1. The summed E-state index contributed by atoms with van der Waals surface area (Å²) in [6, 6.07) is 16.0. The van der Waals surface area contributed by atoms with Gasteiger partial charge in [-0.2, -0.15) is 0 Å². The van der Waals surface area contributed by atoms with E-state index in [1.807, 2.05) is 41.3 Å². The van der Waals surface area contributed by atoms with Crippen LogP contribution in [-0.4, -0.2) is 53.1 Å². The van der Waals surface area contributed by atoms with E-state index in [9.17, 15) is 4.79 Å². The standard InChI is InChI=1S/C22H22N4O2/c27-22(20-10-9-16-5-1-4-8-19(16)28-20)26-13-11-25(12-14-26)21-17-6-2-3-7-18(17)23-15-24-21/h1-8,15,20H,9-14H2. The highest BCUT2D eigenvalue weighted by Crippen LogP contribution is 2.28. The Morgan fingerprint density at radius 1 is 0.964 bits per heavy atom. The number of carbonyl (C=O) groups is 1. The minimum Gasteiger partial charge on any atom is -0.480 e. The number of anilines is 1. The molecule has 1 atom stereocenters. The van der Waals surface area contributed by atoms with E-state index in [1.54, 1.807) is 6.33 Å². The zero-order chi connectivity index (χ0) is 18.9. The summed E-state index contributed by atoms with van der Waals surface area (Å²) in [5, 5.41) is 1.05. The normalized spacial score (nSPS) is 19.2. The maximum absolute atomic E-state index is 13.0. The minimum absolute atomic E-state index is 0.0988. The van der Waals surface area contributed by atoms with Crippen molar-refractivity contribution < 1.29 is 9.53 Å². The number of aromatic nitrogens is 2. The van der Waals surface area contributed by atoms with Crippen LogP contribution in [0.3, 0.4) is 0 Å². The molecule has 5 rings (SSSR count). The van der Waals surface area contributed by atoms with Gasteiger partial charge < -0.3 is 14.5 Å². The molecule has 142 valence electrons. The number of rotatable bonds is 2. The van der Waals surface area contributed by atoms with E-state index in [-0.39, 0.29) is 12.0 Å². The average Bonchev–Trinajstić information content (AvgIpc) is 2.78. The summed E-state index contributed by atoms with van der Waals surface area (Å²) in [5.74, 6) is 1.89. The molecule has 6 nitrogen and oxygen atoms in total. The first-order valence-corrected chi connectivity index (χ1v) is 9.77. The quantitative estimate of drug-likeness (QED) is 0.690. The number of benzene rings is 2. The number of fused-ring (bicyclic) bond motifs is 2. The van der Waals surface area contributed by atoms with Gasteiger partial charge in [-0.3, -0.25) is 4.79 Å². The lowest BCUT2D eigenvalue weighted by Crippen LogP contribution is -2.53. The molecule has 28 heavy (non-hydrogen) atoms. The molecule has 1 saturated heterocycles. The largest absolute Gasteiger partial charge is 0.480 e. The number of carbonyl (C=O) groups excluding carboxylic acids is 1. The van der Waals surface area contributed by atoms with Crippen LogP contribution in [0.2, 0.25) is 0 Å². The summed E-state index contributed by atoms with van der Waals surface area (Å²) in [6.45, 7) is 2.88. The van der Waals surface area contributed by atoms with Crippen LogP contribution in [0.25, 0.3) is 10.9 Å². The fraction of sp³-hybridized carbons (Fsp3) is 0.318. The number of piperazine rings is 1. The lowest BCUT2D eigenvalue weighted by Gasteiger charge is -2.38. The van der Waals surface area contributed by atoms with Crippen molar-refractivity contribution in [1.82, 2.24) is 14.9 Å². The monoisotopic (exact) mass is 374 g/mol. The Bertz CT molecular complexity index is 1010. The maximum atomic E-state index is 13.0. The van der Waals surface area contributed by atoms with Crippen molar-refractivity contribution >= 4 is 22.6 Å². The second-order valence-corrected chi connectivity index (χ2v) is 7.28. The van der Waals surface area contributed by atoms with E-state index in [0.29, 0.717) is 13.1 Å². The number of para-hydroxylation sites is 2. The summed E-state index contributed by atoms with van der Waals surface area (Å²) in [7, 11) is 0. The molecule has 0 spiro atoms. The average molecular weight is 374 g/mol. The van der Waals surface area contributed by atoms with E-state index in [1.165, 1.54) is 5.56 Å². The fourth-order valence-corrected chi connectivity index (χ4v) is 4.08. The molecule has 0 radical (unpaired) electrons. The molecule has 2 aliphatic heterocycles. The Balaban J connectivity index is 1.27. The number of hydrogen-bond acceptors (Lipinski definition) is 5. The van der Waals surface area contributed by atoms with Crippen molar-refractivity contribution in [2.75, 3.05) is 31.1 Å². The summed E-state index contributed by atoms with van der Waals surface area (Å²) >= 11 is 0. The summed E-state index contributed by atoms with van der Waals surface area (Å²) in [4.78, 5) is 26.0. The van der Waals surface area contributed by atoms with Crippen molar-refractivity contribution in [1.29, 1.82) is 0 Å². The zero-order valence-electron chi connectivity index (χ0n) is 15.6. The van der Waals surface area contributed by atoms with Gasteiger partial charge in [0.25, 0.3) is 5.91 Å². The van der Waals surface area contributed by atoms with Crippen molar-refractivity contribution in [3.63, 3.8) is 0 Å². The first-order chi connectivity index (χ1) is 13.8. The Kier molecular flexibility index (Phi) is 4.31. The van der Waals surface area contributed by atoms with Crippen molar-refractivity contribution in [3.05, 3.63) is 60.4 Å². The van der Waals surface area contributed by atoms with Gasteiger partial charge in [0.2, 0.25) is 0 Å². The Morgan fingerprint density at radius 3 is 2.64 bits per heavy atom. The number of nitrogens with zero attached hydrogens (tertiary/aromatic N) is 4. The van der Waals surface area contributed by atoms with E-state index in [2.05, 4.69) is 27.0 Å². The van der Waals surface area contributed by atoms with Crippen LogP contribution >= 0.6 is 0 Å². The molecule has 6 heteroatoms. The lowest BCUT2D eigenvalue weighted by atomic mass is 10.0. The minimum atomic E-state index is -0.374. The molecule has 1 fully saturated rings. The van der Waals surface area contributed by atoms with E-state index in [0.717, 1.165) is 48.4 Å². The van der Waals surface area contributed by atoms with E-state index in [4.69, 9.17) is 4.74 Å². The Hall–Kier alpha value is -3.15. The van der Waals surface area contributed by atoms with Crippen molar-refractivity contribution in [2.45, 2.75) is 18.9 Å². The van der Waals surface area contributed by atoms with Gasteiger partial charge in [-0.05, 0) is 36.6 Å². The van der Waals surface area contributed by atoms with Gasteiger partial charge in [0, 0.05) is 31.6 Å². The highest BCUT2D eigenvalue weighted by molar-refractivity contribution is 5.89. The smallest absolute Gasteiger partial charge is 0.263 e. The zero-order valence-corrected chi connectivity index (χ0v) is 15.6. The van der Waals surface area contributed by atoms with Crippen LogP contribution in [0, 0.1) is 0 Å². The molecular weight excluding hydrogens is 352 g/mol. The first kappa shape index (κ1) is 17.0. The van der Waals surface area contributed by atoms with Crippen LogP contribution in [0.15, 0.2) is 54.9 Å². The molecule has 1 unspecified atom stereocenters. The van der Waals surface area contributed by atoms with Gasteiger partial charge >= 0.3 is 0 Å². The van der Waals surface area contributed by atoms with E-state index >= 15 is 0 Å². The first-order valence-electron chi connectivity index (χ1n) is 9.77. The lowest BCUT2D eigenvalue weighted by molar-refractivity contribution is -0.139. The SMILES string of the molecule is O=C(C1CCc2ccccc2O1)N1CCN(c2ncnc3ccccc23)CC1. The predicted octanol–water partition coefficient (Wildman–Crippen LogP) is 2.67. The van der Waals surface area contributed by atoms with Crippen LogP contribution in [0.1, 0.15) is 12.0 Å². The number of amides is 1. The fourth-order valence-electron chi connectivity index (χ4n) is 4.08. The van der Waals surface area contributed by atoms with Gasteiger partial charge in [-0.1, -0.05) is 30.3 Å². The van der Waals surface area contributed by atoms with E-state index < -0.39 is 0 Å². The van der Waals surface area contributed by atoms with Gasteiger partial charge in [0.15, 0.2) is 6.10 Å². The summed E-state index contributed by atoms with van der Waals surface area (Å²) in [6.07, 6.45) is 2.87. The topological polar surface area (TPSA) is 58.6 Å². The third-order valence-corrected chi connectivity index (χ3v) is 5.61. The molecule has 3 aromatic rings. The molecule has 0 saturated carbocycles. The molecule has 2 aromatic carbocycles. The molecular formula is C22H22N4O2. The molecule has 3 heterocycles. The third-order valence-electron chi connectivity index (χ3n) is 5.61. The summed E-state index contributed by atoms with van der Waals surface area (Å²) in [5.41, 5.74) is 2.13. The van der Waals surface area contributed by atoms with Crippen LogP contribution in [-0.2, 0) is 11.2 Å². The van der Waals surface area contributed by atoms with Crippen LogP contribution in [0.4, 0.5) is 5.82 Å². The van der Waals surface area contributed by atoms with Crippen molar-refractivity contribution in [2.24, 2.45) is 0 Å². The van der Waals surface area contributed by atoms with Crippen molar-refractivity contribution in [3.8, 4) is 5.75 Å².